The molecule has 1 aliphatic carbocycles. The predicted molar refractivity (Wildman–Crippen MR) is 55.9 cm³/mol. The maximum atomic E-state index is 13.2. The van der Waals surface area contributed by atoms with Crippen molar-refractivity contribution < 1.29 is 19.0 Å². The minimum atomic E-state index is -2.63. The van der Waals surface area contributed by atoms with Crippen molar-refractivity contribution in [3.63, 3.8) is 0 Å². The van der Waals surface area contributed by atoms with E-state index >= 15 is 0 Å². The van der Waals surface area contributed by atoms with Gasteiger partial charge in [0.05, 0.1) is 0 Å². The average molecular weight is 228 g/mol. The molecule has 0 aliphatic heterocycles. The smallest absolute Gasteiger partial charge is 0.248 e. The maximum Gasteiger partial charge on any atom is 0.248 e. The summed E-state index contributed by atoms with van der Waals surface area (Å²) in [6.45, 7) is 0. The van der Waals surface area contributed by atoms with Crippen LogP contribution in [0.15, 0.2) is 18.2 Å². The summed E-state index contributed by atoms with van der Waals surface area (Å²) in [6.07, 6.45) is 0.847. The molecule has 0 spiro atoms. The molecule has 1 atom stereocenters. The monoisotopic (exact) mass is 228 g/mol. The zero-order chi connectivity index (χ0) is 11.8. The fraction of sp³-hybridized carbons (Fsp3) is 0.500. The maximum absolute atomic E-state index is 13.2. The molecule has 1 aromatic carbocycles. The molecule has 0 saturated heterocycles. The van der Waals surface area contributed by atoms with E-state index in [0.717, 1.165) is 0 Å². The second-order valence-electron chi connectivity index (χ2n) is 4.39. The zero-order valence-electron chi connectivity index (χ0n) is 8.79. The van der Waals surface area contributed by atoms with Gasteiger partial charge in [-0.3, -0.25) is 0 Å². The molecular formula is C12H14F2O2. The molecule has 0 amide bonds. The number of alkyl halides is 2. The first kappa shape index (κ1) is 11.2. The molecule has 1 aromatic rings. The third kappa shape index (κ3) is 2.26. The first-order chi connectivity index (χ1) is 7.48. The molecule has 0 aromatic heterocycles. The molecule has 2 N–H and O–H groups in total. The van der Waals surface area contributed by atoms with Crippen molar-refractivity contribution in [3.8, 4) is 11.5 Å². The highest BCUT2D eigenvalue weighted by Gasteiger charge is 2.37. The molecule has 2 nitrogen and oxygen atoms in total. The Morgan fingerprint density at radius 2 is 2.00 bits per heavy atom. The molecule has 88 valence electrons. The Hall–Kier alpha value is -1.32. The van der Waals surface area contributed by atoms with Crippen LogP contribution in [0.5, 0.6) is 11.5 Å². The summed E-state index contributed by atoms with van der Waals surface area (Å²) in [4.78, 5) is 0. The van der Waals surface area contributed by atoms with E-state index in [9.17, 15) is 13.9 Å². The number of hydrogen-bond acceptors (Lipinski definition) is 2. The molecule has 2 rings (SSSR count). The number of phenols is 2. The summed E-state index contributed by atoms with van der Waals surface area (Å²) in [7, 11) is 0. The van der Waals surface area contributed by atoms with Crippen LogP contribution in [-0.4, -0.2) is 16.1 Å². The summed E-state index contributed by atoms with van der Waals surface area (Å²) in [5, 5.41) is 18.7. The van der Waals surface area contributed by atoms with E-state index in [1.807, 2.05) is 0 Å². The Morgan fingerprint density at radius 1 is 1.25 bits per heavy atom. The molecule has 1 aliphatic rings. The lowest BCUT2D eigenvalue weighted by atomic mass is 9.81. The Kier molecular flexibility index (Phi) is 2.74. The molecule has 0 bridgehead atoms. The Labute approximate surface area is 92.5 Å². The second-order valence-corrected chi connectivity index (χ2v) is 4.39. The highest BCUT2D eigenvalue weighted by Crippen LogP contribution is 2.44. The van der Waals surface area contributed by atoms with Gasteiger partial charge in [0.25, 0.3) is 0 Å². The molecule has 4 heteroatoms. The quantitative estimate of drug-likeness (QED) is 0.773. The third-order valence-corrected chi connectivity index (χ3v) is 3.09. The van der Waals surface area contributed by atoms with E-state index in [2.05, 4.69) is 0 Å². The van der Waals surface area contributed by atoms with Crippen LogP contribution < -0.4 is 0 Å². The van der Waals surface area contributed by atoms with Gasteiger partial charge in [0.1, 0.15) is 11.5 Å². The largest absolute Gasteiger partial charge is 0.508 e. The van der Waals surface area contributed by atoms with Crippen molar-refractivity contribution in [2.75, 3.05) is 0 Å². The van der Waals surface area contributed by atoms with E-state index in [4.69, 9.17) is 5.11 Å². The van der Waals surface area contributed by atoms with Crippen molar-refractivity contribution in [2.24, 2.45) is 0 Å². The highest BCUT2D eigenvalue weighted by molar-refractivity contribution is 5.41. The van der Waals surface area contributed by atoms with Gasteiger partial charge in [-0.25, -0.2) is 8.78 Å². The van der Waals surface area contributed by atoms with E-state index in [0.29, 0.717) is 18.4 Å². The average Bonchev–Trinajstić information content (AvgIpc) is 2.15. The molecule has 0 heterocycles. The van der Waals surface area contributed by atoms with Crippen LogP contribution in [0.2, 0.25) is 0 Å². The van der Waals surface area contributed by atoms with E-state index < -0.39 is 5.92 Å². The van der Waals surface area contributed by atoms with Gasteiger partial charge in [0.2, 0.25) is 5.92 Å². The van der Waals surface area contributed by atoms with Crippen LogP contribution in [0.25, 0.3) is 0 Å². The lowest BCUT2D eigenvalue weighted by molar-refractivity contribution is -0.0409. The summed E-state index contributed by atoms with van der Waals surface area (Å²) < 4.78 is 26.4. The van der Waals surface area contributed by atoms with Gasteiger partial charge in [-0.15, -0.1) is 0 Å². The van der Waals surface area contributed by atoms with Gasteiger partial charge in [-0.05, 0) is 30.4 Å². The lowest BCUT2D eigenvalue weighted by Gasteiger charge is -2.29. The number of halogens is 2. The van der Waals surface area contributed by atoms with Gasteiger partial charge in [0.15, 0.2) is 0 Å². The van der Waals surface area contributed by atoms with Crippen molar-refractivity contribution >= 4 is 0 Å². The molecule has 16 heavy (non-hydrogen) atoms. The van der Waals surface area contributed by atoms with E-state index in [-0.39, 0.29) is 30.3 Å². The van der Waals surface area contributed by atoms with Crippen LogP contribution in [0, 0.1) is 0 Å². The van der Waals surface area contributed by atoms with Crippen LogP contribution in [-0.2, 0) is 0 Å². The van der Waals surface area contributed by atoms with Gasteiger partial charge in [-0.1, -0.05) is 6.07 Å². The number of rotatable bonds is 1. The number of aromatic hydroxyl groups is 2. The summed E-state index contributed by atoms with van der Waals surface area (Å²) in [5.74, 6) is -3.09. The fourth-order valence-corrected chi connectivity index (χ4v) is 2.31. The third-order valence-electron chi connectivity index (χ3n) is 3.09. The molecular weight excluding hydrogens is 214 g/mol. The Balaban J connectivity index is 2.23. The van der Waals surface area contributed by atoms with Gasteiger partial charge in [-0.2, -0.15) is 0 Å². The first-order valence-electron chi connectivity index (χ1n) is 5.38. The van der Waals surface area contributed by atoms with Crippen LogP contribution in [0.4, 0.5) is 8.78 Å². The topological polar surface area (TPSA) is 40.5 Å². The number of hydrogen-bond donors (Lipinski definition) is 2. The standard InChI is InChI=1S/C12H14F2O2/c13-12(14)5-1-2-8(7-12)10-4-3-9(15)6-11(10)16/h3-4,6,8,15-16H,1-2,5,7H2. The van der Waals surface area contributed by atoms with E-state index in [1.54, 1.807) is 0 Å². The second kappa shape index (κ2) is 3.92. The fourth-order valence-electron chi connectivity index (χ4n) is 2.31. The molecule has 1 unspecified atom stereocenters. The van der Waals surface area contributed by atoms with Crippen LogP contribution in [0.3, 0.4) is 0 Å². The number of phenolic OH excluding ortho intramolecular Hbond substituents is 2. The number of benzene rings is 1. The van der Waals surface area contributed by atoms with Crippen LogP contribution >= 0.6 is 0 Å². The van der Waals surface area contributed by atoms with E-state index in [1.165, 1.54) is 18.2 Å². The van der Waals surface area contributed by atoms with Gasteiger partial charge in [0, 0.05) is 18.9 Å². The summed E-state index contributed by atoms with van der Waals surface area (Å²) in [6, 6.07) is 4.14. The predicted octanol–water partition coefficient (Wildman–Crippen LogP) is 3.39. The van der Waals surface area contributed by atoms with Crippen molar-refractivity contribution in [1.82, 2.24) is 0 Å². The zero-order valence-corrected chi connectivity index (χ0v) is 8.79. The van der Waals surface area contributed by atoms with Crippen molar-refractivity contribution in [2.45, 2.75) is 37.5 Å². The van der Waals surface area contributed by atoms with Crippen LogP contribution in [0.1, 0.15) is 37.2 Å². The SMILES string of the molecule is Oc1ccc(C2CCCC(F)(F)C2)c(O)c1. The first-order valence-corrected chi connectivity index (χ1v) is 5.38. The van der Waals surface area contributed by atoms with Gasteiger partial charge >= 0.3 is 0 Å². The Morgan fingerprint density at radius 3 is 2.62 bits per heavy atom. The van der Waals surface area contributed by atoms with Crippen molar-refractivity contribution in [1.29, 1.82) is 0 Å². The normalized spacial score (nSPS) is 24.2. The van der Waals surface area contributed by atoms with Gasteiger partial charge < -0.3 is 10.2 Å². The molecule has 1 saturated carbocycles. The summed E-state index contributed by atoms with van der Waals surface area (Å²) >= 11 is 0. The molecule has 0 radical (unpaired) electrons. The lowest BCUT2D eigenvalue weighted by Crippen LogP contribution is -2.24. The highest BCUT2D eigenvalue weighted by atomic mass is 19.3. The molecule has 1 fully saturated rings. The van der Waals surface area contributed by atoms with Crippen molar-refractivity contribution in [3.05, 3.63) is 23.8 Å². The Bertz CT molecular complexity index is 391. The minimum Gasteiger partial charge on any atom is -0.508 e. The summed E-state index contributed by atoms with van der Waals surface area (Å²) in [5.41, 5.74) is 0.511. The minimum absolute atomic E-state index is 0.0520.